The van der Waals surface area contributed by atoms with Crippen molar-refractivity contribution in [3.05, 3.63) is 112 Å². The highest BCUT2D eigenvalue weighted by atomic mass is 19.1. The number of benzene rings is 3. The monoisotopic (exact) mass is 474 g/mol. The molecule has 182 valence electrons. The zero-order chi connectivity index (χ0) is 25.2. The van der Waals surface area contributed by atoms with Crippen LogP contribution in [0, 0.1) is 29.5 Å². The second-order valence-corrected chi connectivity index (χ2v) is 9.57. The van der Waals surface area contributed by atoms with Gasteiger partial charge in [0.1, 0.15) is 5.82 Å². The Kier molecular flexibility index (Phi) is 9.19. The molecule has 1 aliphatic carbocycles. The Labute approximate surface area is 216 Å². The van der Waals surface area contributed by atoms with Crippen LogP contribution in [-0.4, -0.2) is 0 Å². The molecule has 0 nitrogen and oxygen atoms in total. The number of halogens is 1. The average molecular weight is 475 g/mol. The predicted octanol–water partition coefficient (Wildman–Crippen LogP) is 8.88. The van der Waals surface area contributed by atoms with Gasteiger partial charge in [-0.05, 0) is 98.0 Å². The molecule has 3 aromatic carbocycles. The van der Waals surface area contributed by atoms with Crippen molar-refractivity contribution in [3.63, 3.8) is 0 Å². The third-order valence-corrected chi connectivity index (χ3v) is 6.73. The topological polar surface area (TPSA) is 0 Å². The van der Waals surface area contributed by atoms with E-state index >= 15 is 4.39 Å². The lowest BCUT2D eigenvalue weighted by Gasteiger charge is -2.09. The Balaban J connectivity index is 1.60. The van der Waals surface area contributed by atoms with E-state index in [9.17, 15) is 0 Å². The van der Waals surface area contributed by atoms with Gasteiger partial charge in [0, 0.05) is 22.3 Å². The first-order valence-corrected chi connectivity index (χ1v) is 13.4. The highest BCUT2D eigenvalue weighted by Crippen LogP contribution is 2.33. The van der Waals surface area contributed by atoms with Gasteiger partial charge in [0.05, 0.1) is 5.56 Å². The van der Waals surface area contributed by atoms with E-state index in [0.29, 0.717) is 11.1 Å². The minimum Gasteiger partial charge on any atom is -0.205 e. The van der Waals surface area contributed by atoms with Gasteiger partial charge in [-0.15, -0.1) is 0 Å². The maximum atomic E-state index is 15.8. The number of hydrogen-bond donors (Lipinski definition) is 0. The molecule has 0 saturated carbocycles. The summed E-state index contributed by atoms with van der Waals surface area (Å²) in [5.74, 6) is 12.5. The Morgan fingerprint density at radius 2 is 1.19 bits per heavy atom. The van der Waals surface area contributed by atoms with Crippen LogP contribution in [0.3, 0.4) is 0 Å². The van der Waals surface area contributed by atoms with E-state index in [-0.39, 0.29) is 5.82 Å². The first-order chi connectivity index (χ1) is 17.7. The third kappa shape index (κ3) is 6.77. The molecule has 0 saturated heterocycles. The SMILES string of the molecule is CCCCc1ccc(C#Cc2ccc(C#Cc3ccc(CCCC)cc3)c(C3=CCCC3)c2F)cc1. The van der Waals surface area contributed by atoms with Crippen LogP contribution in [0.5, 0.6) is 0 Å². The molecule has 36 heavy (non-hydrogen) atoms. The quantitative estimate of drug-likeness (QED) is 0.300. The minimum atomic E-state index is -0.253. The van der Waals surface area contributed by atoms with E-state index in [1.54, 1.807) is 6.07 Å². The van der Waals surface area contributed by atoms with Crippen LogP contribution in [0.25, 0.3) is 5.57 Å². The molecule has 0 radical (unpaired) electrons. The molecule has 0 N–H and O–H groups in total. The molecule has 0 amide bonds. The molecule has 1 aliphatic rings. The molecule has 4 rings (SSSR count). The fourth-order valence-corrected chi connectivity index (χ4v) is 4.54. The highest BCUT2D eigenvalue weighted by Gasteiger charge is 2.18. The summed E-state index contributed by atoms with van der Waals surface area (Å²) in [6.45, 7) is 4.41. The van der Waals surface area contributed by atoms with Crippen LogP contribution in [0.2, 0.25) is 0 Å². The number of unbranched alkanes of at least 4 members (excludes halogenated alkanes) is 2. The van der Waals surface area contributed by atoms with Crippen molar-refractivity contribution in [3.8, 4) is 23.7 Å². The molecule has 0 heterocycles. The lowest BCUT2D eigenvalue weighted by atomic mass is 9.95. The van der Waals surface area contributed by atoms with Crippen molar-refractivity contribution < 1.29 is 4.39 Å². The van der Waals surface area contributed by atoms with Crippen molar-refractivity contribution in [2.45, 2.75) is 71.6 Å². The zero-order valence-electron chi connectivity index (χ0n) is 21.6. The summed E-state index contributed by atoms with van der Waals surface area (Å²) < 4.78 is 15.8. The van der Waals surface area contributed by atoms with Gasteiger partial charge in [-0.25, -0.2) is 4.39 Å². The number of rotatable bonds is 7. The first-order valence-electron chi connectivity index (χ1n) is 13.4. The van der Waals surface area contributed by atoms with Crippen LogP contribution in [0.4, 0.5) is 4.39 Å². The minimum absolute atomic E-state index is 0.253. The second-order valence-electron chi connectivity index (χ2n) is 9.57. The number of aryl methyl sites for hydroxylation is 2. The van der Waals surface area contributed by atoms with Gasteiger partial charge in [0.25, 0.3) is 0 Å². The molecular weight excluding hydrogens is 439 g/mol. The Morgan fingerprint density at radius 3 is 1.69 bits per heavy atom. The summed E-state index contributed by atoms with van der Waals surface area (Å²) in [4.78, 5) is 0. The van der Waals surface area contributed by atoms with Gasteiger partial charge in [0.2, 0.25) is 0 Å². The van der Waals surface area contributed by atoms with Crippen LogP contribution < -0.4 is 0 Å². The predicted molar refractivity (Wildman–Crippen MR) is 150 cm³/mol. The zero-order valence-corrected chi connectivity index (χ0v) is 21.6. The normalized spacial score (nSPS) is 12.4. The number of allylic oxidation sites excluding steroid dienone is 2. The van der Waals surface area contributed by atoms with Crippen molar-refractivity contribution in [2.24, 2.45) is 0 Å². The van der Waals surface area contributed by atoms with Crippen molar-refractivity contribution >= 4 is 5.57 Å². The average Bonchev–Trinajstić information content (AvgIpc) is 3.44. The highest BCUT2D eigenvalue weighted by molar-refractivity contribution is 5.74. The summed E-state index contributed by atoms with van der Waals surface area (Å²) in [6.07, 6.45) is 12.0. The van der Waals surface area contributed by atoms with E-state index in [4.69, 9.17) is 0 Å². The Hall–Kier alpha value is -3.55. The standard InChI is InChI=1S/C35H35F/c1-3-5-9-27-13-17-29(18-14-27)21-23-32-25-26-33(35(36)34(32)31-11-7-8-12-31)24-22-30-19-15-28(16-20-30)10-6-4-2/h11,13-20,25-26H,3-10,12H2,1-2H3. The van der Waals surface area contributed by atoms with Gasteiger partial charge in [-0.3, -0.25) is 0 Å². The molecule has 0 fully saturated rings. The molecule has 0 bridgehead atoms. The summed E-state index contributed by atoms with van der Waals surface area (Å²) in [5.41, 5.74) is 7.36. The summed E-state index contributed by atoms with van der Waals surface area (Å²) >= 11 is 0. The number of hydrogen-bond acceptors (Lipinski definition) is 0. The molecule has 0 atom stereocenters. The lowest BCUT2D eigenvalue weighted by Crippen LogP contribution is -1.97. The van der Waals surface area contributed by atoms with Crippen molar-refractivity contribution in [1.82, 2.24) is 0 Å². The maximum absolute atomic E-state index is 15.8. The molecule has 3 aromatic rings. The molecule has 0 unspecified atom stereocenters. The molecule has 0 aromatic heterocycles. The summed E-state index contributed by atoms with van der Waals surface area (Å²) in [5, 5.41) is 0. The van der Waals surface area contributed by atoms with Crippen molar-refractivity contribution in [1.29, 1.82) is 0 Å². The summed E-state index contributed by atoms with van der Waals surface area (Å²) in [7, 11) is 0. The Bertz CT molecular complexity index is 1320. The van der Waals surface area contributed by atoms with Crippen LogP contribution in [0.1, 0.15) is 97.7 Å². The van der Waals surface area contributed by atoms with E-state index in [1.807, 2.05) is 18.2 Å². The van der Waals surface area contributed by atoms with E-state index in [2.05, 4.69) is 80.0 Å². The first kappa shape index (κ1) is 25.5. The van der Waals surface area contributed by atoms with Crippen LogP contribution in [0.15, 0.2) is 66.7 Å². The van der Waals surface area contributed by atoms with E-state index < -0.39 is 0 Å². The van der Waals surface area contributed by atoms with Crippen molar-refractivity contribution in [2.75, 3.05) is 0 Å². The fourth-order valence-electron chi connectivity index (χ4n) is 4.54. The summed E-state index contributed by atoms with van der Waals surface area (Å²) in [6, 6.07) is 20.4. The fraction of sp³-hybridized carbons (Fsp3) is 0.314. The van der Waals surface area contributed by atoms with E-state index in [0.717, 1.165) is 54.4 Å². The van der Waals surface area contributed by atoms with Gasteiger partial charge in [0.15, 0.2) is 0 Å². The van der Waals surface area contributed by atoms with E-state index in [1.165, 1.54) is 36.8 Å². The second kappa shape index (κ2) is 13.0. The third-order valence-electron chi connectivity index (χ3n) is 6.73. The lowest BCUT2D eigenvalue weighted by molar-refractivity contribution is 0.619. The van der Waals surface area contributed by atoms with Gasteiger partial charge < -0.3 is 0 Å². The molecule has 0 spiro atoms. The Morgan fingerprint density at radius 1 is 0.667 bits per heavy atom. The largest absolute Gasteiger partial charge is 0.205 e. The van der Waals surface area contributed by atoms with Gasteiger partial charge in [-0.2, -0.15) is 0 Å². The van der Waals surface area contributed by atoms with Crippen LogP contribution in [-0.2, 0) is 12.8 Å². The molecular formula is C35H35F. The van der Waals surface area contributed by atoms with Crippen LogP contribution >= 0.6 is 0 Å². The molecule has 0 aliphatic heterocycles. The smallest absolute Gasteiger partial charge is 0.147 e. The maximum Gasteiger partial charge on any atom is 0.147 e. The van der Waals surface area contributed by atoms with Gasteiger partial charge >= 0.3 is 0 Å². The molecule has 1 heteroatoms. The van der Waals surface area contributed by atoms with Gasteiger partial charge in [-0.1, -0.05) is 80.7 Å².